The predicted molar refractivity (Wildman–Crippen MR) is 59.8 cm³/mol. The van der Waals surface area contributed by atoms with Gasteiger partial charge in [-0.2, -0.15) is 0 Å². The number of nitrogens with two attached hydrogens (primary N) is 1. The van der Waals surface area contributed by atoms with E-state index in [9.17, 15) is 9.18 Å². The third-order valence-electron chi connectivity index (χ3n) is 2.12. The Hall–Kier alpha value is -1.62. The quantitative estimate of drug-likeness (QED) is 0.850. The van der Waals surface area contributed by atoms with Crippen molar-refractivity contribution < 1.29 is 13.9 Å². The van der Waals surface area contributed by atoms with Crippen molar-refractivity contribution in [3.8, 4) is 0 Å². The second-order valence-electron chi connectivity index (χ2n) is 3.22. The van der Waals surface area contributed by atoms with Crippen LogP contribution >= 0.6 is 0 Å². The molecular formula is C11H15FN2O2. The number of hydrogen-bond donors (Lipinski definition) is 1. The number of benzene rings is 1. The number of anilines is 1. The number of para-hydroxylation sites is 1. The van der Waals surface area contributed by atoms with Gasteiger partial charge in [0.15, 0.2) is 0 Å². The molecule has 0 aliphatic heterocycles. The van der Waals surface area contributed by atoms with Gasteiger partial charge in [-0.15, -0.1) is 0 Å². The fourth-order valence-electron chi connectivity index (χ4n) is 1.34. The molecule has 1 rings (SSSR count). The maximum Gasteiger partial charge on any atom is 0.414 e. The summed E-state index contributed by atoms with van der Waals surface area (Å²) >= 11 is 0. The molecule has 1 aromatic rings. The molecule has 0 aliphatic rings. The lowest BCUT2D eigenvalue weighted by Gasteiger charge is -2.21. The highest BCUT2D eigenvalue weighted by Gasteiger charge is 2.18. The fraction of sp³-hybridized carbons (Fsp3) is 0.364. The van der Waals surface area contributed by atoms with Gasteiger partial charge in [0.05, 0.1) is 12.8 Å². The second-order valence-corrected chi connectivity index (χ2v) is 3.22. The van der Waals surface area contributed by atoms with Gasteiger partial charge in [-0.05, 0) is 25.1 Å². The van der Waals surface area contributed by atoms with Crippen LogP contribution in [0.5, 0.6) is 0 Å². The zero-order chi connectivity index (χ0) is 12.0. The van der Waals surface area contributed by atoms with E-state index in [0.29, 0.717) is 19.5 Å². The first-order chi connectivity index (χ1) is 7.70. The van der Waals surface area contributed by atoms with E-state index < -0.39 is 11.9 Å². The van der Waals surface area contributed by atoms with Gasteiger partial charge in [-0.3, -0.25) is 4.90 Å². The standard InChI is InChI=1S/C11H15FN2O2/c1-16-11(15)14(8-4-7-13)10-6-3-2-5-9(10)12/h2-3,5-6H,4,7-8,13H2,1H3. The summed E-state index contributed by atoms with van der Waals surface area (Å²) in [4.78, 5) is 12.7. The van der Waals surface area contributed by atoms with E-state index >= 15 is 0 Å². The molecular weight excluding hydrogens is 211 g/mol. The molecule has 88 valence electrons. The summed E-state index contributed by atoms with van der Waals surface area (Å²) in [7, 11) is 1.26. The average Bonchev–Trinajstić information content (AvgIpc) is 2.31. The third-order valence-corrected chi connectivity index (χ3v) is 2.12. The van der Waals surface area contributed by atoms with Crippen molar-refractivity contribution in [2.75, 3.05) is 25.1 Å². The maximum absolute atomic E-state index is 13.5. The molecule has 1 amide bonds. The predicted octanol–water partition coefficient (Wildman–Crippen LogP) is 1.75. The highest BCUT2D eigenvalue weighted by molar-refractivity contribution is 5.87. The number of amides is 1. The van der Waals surface area contributed by atoms with Gasteiger partial charge in [0.2, 0.25) is 0 Å². The molecule has 0 heterocycles. The molecule has 0 spiro atoms. The number of hydrogen-bond acceptors (Lipinski definition) is 3. The van der Waals surface area contributed by atoms with Crippen molar-refractivity contribution in [3.63, 3.8) is 0 Å². The van der Waals surface area contributed by atoms with E-state index in [1.54, 1.807) is 12.1 Å². The van der Waals surface area contributed by atoms with Crippen LogP contribution in [0.3, 0.4) is 0 Å². The number of methoxy groups -OCH3 is 1. The van der Waals surface area contributed by atoms with Crippen LogP contribution in [0, 0.1) is 5.82 Å². The summed E-state index contributed by atoms with van der Waals surface area (Å²) in [5.74, 6) is -0.454. The zero-order valence-electron chi connectivity index (χ0n) is 9.15. The van der Waals surface area contributed by atoms with E-state index in [0.717, 1.165) is 0 Å². The smallest absolute Gasteiger partial charge is 0.414 e. The third kappa shape index (κ3) is 2.93. The minimum atomic E-state index is -0.585. The topological polar surface area (TPSA) is 55.6 Å². The van der Waals surface area contributed by atoms with Crippen LogP contribution < -0.4 is 10.6 Å². The van der Waals surface area contributed by atoms with Crippen molar-refractivity contribution in [2.45, 2.75) is 6.42 Å². The van der Waals surface area contributed by atoms with Crippen molar-refractivity contribution in [1.29, 1.82) is 0 Å². The Balaban J connectivity index is 2.92. The Morgan fingerprint density at radius 1 is 1.50 bits per heavy atom. The van der Waals surface area contributed by atoms with E-state index in [-0.39, 0.29) is 5.69 Å². The van der Waals surface area contributed by atoms with Crippen LogP contribution in [-0.4, -0.2) is 26.3 Å². The van der Waals surface area contributed by atoms with Crippen LogP contribution in [0.4, 0.5) is 14.9 Å². The lowest BCUT2D eigenvalue weighted by Crippen LogP contribution is -2.33. The van der Waals surface area contributed by atoms with Gasteiger partial charge in [-0.25, -0.2) is 9.18 Å². The molecule has 0 aromatic heterocycles. The number of carbonyl (C=O) groups excluding carboxylic acids is 1. The van der Waals surface area contributed by atoms with E-state index in [1.807, 2.05) is 0 Å². The minimum Gasteiger partial charge on any atom is -0.452 e. The molecule has 0 saturated heterocycles. The SMILES string of the molecule is COC(=O)N(CCCN)c1ccccc1F. The van der Waals surface area contributed by atoms with Crippen molar-refractivity contribution in [2.24, 2.45) is 5.73 Å². The highest BCUT2D eigenvalue weighted by atomic mass is 19.1. The molecule has 4 nitrogen and oxygen atoms in total. The van der Waals surface area contributed by atoms with E-state index in [4.69, 9.17) is 5.73 Å². The maximum atomic E-state index is 13.5. The number of ether oxygens (including phenoxy) is 1. The number of halogens is 1. The summed E-state index contributed by atoms with van der Waals surface area (Å²) < 4.78 is 18.1. The summed E-state index contributed by atoms with van der Waals surface area (Å²) in [5.41, 5.74) is 5.57. The Bertz CT molecular complexity index is 358. The first-order valence-corrected chi connectivity index (χ1v) is 5.00. The molecule has 1 aromatic carbocycles. The monoisotopic (exact) mass is 226 g/mol. The minimum absolute atomic E-state index is 0.211. The van der Waals surface area contributed by atoms with Crippen LogP contribution in [-0.2, 0) is 4.74 Å². The van der Waals surface area contributed by atoms with Gasteiger partial charge in [0.25, 0.3) is 0 Å². The van der Waals surface area contributed by atoms with Crippen LogP contribution in [0.25, 0.3) is 0 Å². The van der Waals surface area contributed by atoms with Gasteiger partial charge in [-0.1, -0.05) is 12.1 Å². The second kappa shape index (κ2) is 6.07. The number of nitrogens with zero attached hydrogens (tertiary/aromatic N) is 1. The Labute approximate surface area is 93.8 Å². The summed E-state index contributed by atoms with van der Waals surface area (Å²) in [6.07, 6.45) is 0.00206. The Morgan fingerprint density at radius 2 is 2.19 bits per heavy atom. The first kappa shape index (κ1) is 12.4. The fourth-order valence-corrected chi connectivity index (χ4v) is 1.34. The molecule has 0 unspecified atom stereocenters. The van der Waals surface area contributed by atoms with Crippen molar-refractivity contribution >= 4 is 11.8 Å². The molecule has 16 heavy (non-hydrogen) atoms. The number of rotatable bonds is 4. The summed E-state index contributed by atoms with van der Waals surface area (Å²) in [6, 6.07) is 6.06. The molecule has 0 radical (unpaired) electrons. The molecule has 0 fully saturated rings. The molecule has 0 aliphatic carbocycles. The summed E-state index contributed by atoms with van der Waals surface area (Å²) in [5, 5.41) is 0. The molecule has 2 N–H and O–H groups in total. The Morgan fingerprint density at radius 3 is 2.75 bits per heavy atom. The van der Waals surface area contributed by atoms with Crippen LogP contribution in [0.15, 0.2) is 24.3 Å². The average molecular weight is 226 g/mol. The zero-order valence-corrected chi connectivity index (χ0v) is 9.15. The lowest BCUT2D eigenvalue weighted by molar-refractivity contribution is 0.178. The molecule has 0 atom stereocenters. The van der Waals surface area contributed by atoms with Gasteiger partial charge in [0, 0.05) is 6.54 Å². The van der Waals surface area contributed by atoms with E-state index in [2.05, 4.69) is 4.74 Å². The van der Waals surface area contributed by atoms with Gasteiger partial charge >= 0.3 is 6.09 Å². The largest absolute Gasteiger partial charge is 0.452 e. The van der Waals surface area contributed by atoms with Crippen molar-refractivity contribution in [1.82, 2.24) is 0 Å². The van der Waals surface area contributed by atoms with E-state index in [1.165, 1.54) is 24.1 Å². The van der Waals surface area contributed by atoms with Crippen LogP contribution in [0.2, 0.25) is 0 Å². The lowest BCUT2D eigenvalue weighted by atomic mass is 10.2. The molecule has 5 heteroatoms. The highest BCUT2D eigenvalue weighted by Crippen LogP contribution is 2.19. The molecule has 0 bridgehead atoms. The van der Waals surface area contributed by atoms with Crippen molar-refractivity contribution in [3.05, 3.63) is 30.1 Å². The number of carbonyl (C=O) groups is 1. The molecule has 0 saturated carbocycles. The van der Waals surface area contributed by atoms with Gasteiger partial charge < -0.3 is 10.5 Å². The normalized spacial score (nSPS) is 9.94. The first-order valence-electron chi connectivity index (χ1n) is 5.00. The summed E-state index contributed by atoms with van der Waals surface area (Å²) in [6.45, 7) is 0.770. The van der Waals surface area contributed by atoms with Gasteiger partial charge in [0.1, 0.15) is 5.82 Å². The van der Waals surface area contributed by atoms with Crippen LogP contribution in [0.1, 0.15) is 6.42 Å². The Kier molecular flexibility index (Phi) is 4.72.